The van der Waals surface area contributed by atoms with E-state index < -0.39 is 0 Å². The highest BCUT2D eigenvalue weighted by Crippen LogP contribution is 2.37. The van der Waals surface area contributed by atoms with Crippen LogP contribution < -0.4 is 4.90 Å². The Kier molecular flexibility index (Phi) is 3.87. The molecule has 1 heterocycles. The van der Waals surface area contributed by atoms with Crippen molar-refractivity contribution in [1.82, 2.24) is 4.98 Å². The van der Waals surface area contributed by atoms with E-state index in [2.05, 4.69) is 16.5 Å². The molecule has 1 saturated carbocycles. The summed E-state index contributed by atoms with van der Waals surface area (Å²) >= 11 is 3.08. The van der Waals surface area contributed by atoms with E-state index in [-0.39, 0.29) is 5.78 Å². The molecular weight excluding hydrogens is 300 g/mol. The Morgan fingerprint density at radius 2 is 2.29 bits per heavy atom. The Bertz CT molecular complexity index is 708. The molecule has 1 unspecified atom stereocenters. The van der Waals surface area contributed by atoms with Crippen LogP contribution >= 0.6 is 23.1 Å². The highest BCUT2D eigenvalue weighted by molar-refractivity contribution is 7.98. The molecule has 0 bridgehead atoms. The standard InChI is InChI=1S/C16H16N2OS2/c1-10-7-13(10)18(2)16-17-9-14(21-16)15(19)11-5-4-6-12(8-11)20-3/h4-6,8-9,13H,1,7H2,2-3H3. The van der Waals surface area contributed by atoms with Gasteiger partial charge < -0.3 is 4.90 Å². The lowest BCUT2D eigenvalue weighted by Gasteiger charge is -2.13. The highest BCUT2D eigenvalue weighted by atomic mass is 32.2. The van der Waals surface area contributed by atoms with Crippen LogP contribution in [0.4, 0.5) is 5.13 Å². The predicted octanol–water partition coefficient (Wildman–Crippen LogP) is 3.86. The minimum atomic E-state index is 0.0395. The second kappa shape index (κ2) is 5.66. The van der Waals surface area contributed by atoms with Gasteiger partial charge in [-0.1, -0.05) is 35.6 Å². The van der Waals surface area contributed by atoms with Crippen molar-refractivity contribution in [1.29, 1.82) is 0 Å². The number of rotatable bonds is 5. The largest absolute Gasteiger partial charge is 0.344 e. The van der Waals surface area contributed by atoms with Crippen molar-refractivity contribution in [3.8, 4) is 0 Å². The Labute approximate surface area is 132 Å². The Hall–Kier alpha value is -1.59. The molecule has 1 aromatic carbocycles. The molecule has 3 nitrogen and oxygen atoms in total. The molecule has 0 radical (unpaired) electrons. The van der Waals surface area contributed by atoms with Gasteiger partial charge in [0, 0.05) is 17.5 Å². The summed E-state index contributed by atoms with van der Waals surface area (Å²) in [6.45, 7) is 3.97. The number of benzene rings is 1. The van der Waals surface area contributed by atoms with Crippen LogP contribution in [0.15, 0.2) is 47.5 Å². The minimum Gasteiger partial charge on any atom is -0.344 e. The summed E-state index contributed by atoms with van der Waals surface area (Å²) in [4.78, 5) is 20.8. The molecule has 0 spiro atoms. The lowest BCUT2D eigenvalue weighted by Crippen LogP contribution is -2.19. The van der Waals surface area contributed by atoms with Crippen molar-refractivity contribution in [2.24, 2.45) is 0 Å². The molecule has 1 atom stereocenters. The summed E-state index contributed by atoms with van der Waals surface area (Å²) in [5.74, 6) is 0.0395. The van der Waals surface area contributed by atoms with E-state index in [1.165, 1.54) is 16.9 Å². The number of hydrogen-bond acceptors (Lipinski definition) is 5. The maximum atomic E-state index is 12.5. The first-order valence-electron chi connectivity index (χ1n) is 6.65. The molecule has 5 heteroatoms. The van der Waals surface area contributed by atoms with Gasteiger partial charge in [-0.05, 0) is 24.8 Å². The normalized spacial score (nSPS) is 16.9. The third kappa shape index (κ3) is 2.89. The van der Waals surface area contributed by atoms with E-state index in [1.54, 1.807) is 18.0 Å². The van der Waals surface area contributed by atoms with E-state index in [4.69, 9.17) is 0 Å². The number of anilines is 1. The van der Waals surface area contributed by atoms with Crippen LogP contribution in [0.2, 0.25) is 0 Å². The van der Waals surface area contributed by atoms with Crippen molar-refractivity contribution in [3.63, 3.8) is 0 Å². The zero-order chi connectivity index (χ0) is 15.0. The van der Waals surface area contributed by atoms with Crippen molar-refractivity contribution in [3.05, 3.63) is 53.1 Å². The van der Waals surface area contributed by atoms with E-state index in [0.29, 0.717) is 10.9 Å². The average Bonchev–Trinajstić information content (AvgIpc) is 3.04. The second-order valence-electron chi connectivity index (χ2n) is 5.06. The number of likely N-dealkylation sites (N-methyl/N-ethyl adjacent to an activating group) is 1. The summed E-state index contributed by atoms with van der Waals surface area (Å²) < 4.78 is 0. The third-order valence-corrected chi connectivity index (χ3v) is 5.40. The van der Waals surface area contributed by atoms with E-state index in [0.717, 1.165) is 22.0 Å². The fourth-order valence-electron chi connectivity index (χ4n) is 2.17. The first kappa shape index (κ1) is 14.4. The van der Waals surface area contributed by atoms with Gasteiger partial charge in [0.15, 0.2) is 5.13 Å². The maximum Gasteiger partial charge on any atom is 0.204 e. The molecule has 1 aromatic heterocycles. The van der Waals surface area contributed by atoms with Crippen LogP contribution in [-0.4, -0.2) is 30.1 Å². The van der Waals surface area contributed by atoms with Crippen molar-refractivity contribution in [2.45, 2.75) is 17.4 Å². The molecule has 0 N–H and O–H groups in total. The van der Waals surface area contributed by atoms with Gasteiger partial charge in [0.2, 0.25) is 5.78 Å². The zero-order valence-electron chi connectivity index (χ0n) is 12.0. The number of ketones is 1. The first-order valence-corrected chi connectivity index (χ1v) is 8.69. The number of aromatic nitrogens is 1. The lowest BCUT2D eigenvalue weighted by atomic mass is 10.1. The molecular formula is C16H16N2OS2. The fourth-order valence-corrected chi connectivity index (χ4v) is 3.52. The third-order valence-electron chi connectivity index (χ3n) is 3.59. The summed E-state index contributed by atoms with van der Waals surface area (Å²) in [5.41, 5.74) is 1.95. The Morgan fingerprint density at radius 3 is 2.95 bits per heavy atom. The summed E-state index contributed by atoms with van der Waals surface area (Å²) in [7, 11) is 2.00. The number of carbonyl (C=O) groups is 1. The van der Waals surface area contributed by atoms with Crippen LogP contribution in [0.25, 0.3) is 0 Å². The lowest BCUT2D eigenvalue weighted by molar-refractivity contribution is 0.104. The molecule has 0 saturated heterocycles. The molecule has 2 aromatic rings. The minimum absolute atomic E-state index is 0.0395. The van der Waals surface area contributed by atoms with Crippen LogP contribution in [0.3, 0.4) is 0 Å². The fraction of sp³-hybridized carbons (Fsp3) is 0.250. The van der Waals surface area contributed by atoms with E-state index in [9.17, 15) is 4.79 Å². The number of nitrogens with zero attached hydrogens (tertiary/aromatic N) is 2. The summed E-state index contributed by atoms with van der Waals surface area (Å²) in [5, 5.41) is 0.878. The molecule has 1 aliphatic carbocycles. The number of carbonyl (C=O) groups excluding carboxylic acids is 1. The molecule has 0 amide bonds. The molecule has 21 heavy (non-hydrogen) atoms. The van der Waals surface area contributed by atoms with Gasteiger partial charge in [-0.15, -0.1) is 11.8 Å². The van der Waals surface area contributed by atoms with Crippen molar-refractivity contribution < 1.29 is 4.79 Å². The highest BCUT2D eigenvalue weighted by Gasteiger charge is 2.33. The van der Waals surface area contributed by atoms with Gasteiger partial charge in [-0.3, -0.25) is 4.79 Å². The number of thiazole rings is 1. The molecule has 0 aliphatic heterocycles. The summed E-state index contributed by atoms with van der Waals surface area (Å²) in [6, 6.07) is 8.10. The Balaban J connectivity index is 1.82. The molecule has 1 fully saturated rings. The first-order chi connectivity index (χ1) is 10.1. The molecule has 1 aliphatic rings. The smallest absolute Gasteiger partial charge is 0.204 e. The zero-order valence-corrected chi connectivity index (χ0v) is 13.6. The monoisotopic (exact) mass is 316 g/mol. The van der Waals surface area contributed by atoms with E-state index >= 15 is 0 Å². The van der Waals surface area contributed by atoms with Crippen LogP contribution in [-0.2, 0) is 0 Å². The van der Waals surface area contributed by atoms with Gasteiger partial charge in [-0.2, -0.15) is 0 Å². The average molecular weight is 316 g/mol. The quantitative estimate of drug-likeness (QED) is 0.476. The van der Waals surface area contributed by atoms with Gasteiger partial charge in [0.25, 0.3) is 0 Å². The Morgan fingerprint density at radius 1 is 1.52 bits per heavy atom. The van der Waals surface area contributed by atoms with Crippen molar-refractivity contribution in [2.75, 3.05) is 18.2 Å². The van der Waals surface area contributed by atoms with Gasteiger partial charge in [0.05, 0.1) is 17.1 Å². The predicted molar refractivity (Wildman–Crippen MR) is 89.7 cm³/mol. The van der Waals surface area contributed by atoms with Crippen LogP contribution in [0.5, 0.6) is 0 Å². The number of hydrogen-bond donors (Lipinski definition) is 0. The maximum absolute atomic E-state index is 12.5. The van der Waals surface area contributed by atoms with E-state index in [1.807, 2.05) is 37.6 Å². The van der Waals surface area contributed by atoms with Gasteiger partial charge >= 0.3 is 0 Å². The summed E-state index contributed by atoms with van der Waals surface area (Å²) in [6.07, 6.45) is 4.71. The van der Waals surface area contributed by atoms with Crippen LogP contribution in [0.1, 0.15) is 21.7 Å². The van der Waals surface area contributed by atoms with Gasteiger partial charge in [0.1, 0.15) is 0 Å². The molecule has 3 rings (SSSR count). The SMILES string of the molecule is C=C1CC1N(C)c1ncc(C(=O)c2cccc(SC)c2)s1. The van der Waals surface area contributed by atoms with Crippen LogP contribution in [0, 0.1) is 0 Å². The second-order valence-corrected chi connectivity index (χ2v) is 6.95. The van der Waals surface area contributed by atoms with Gasteiger partial charge in [-0.25, -0.2) is 4.98 Å². The van der Waals surface area contributed by atoms with Crippen molar-refractivity contribution >= 4 is 34.0 Å². The topological polar surface area (TPSA) is 33.2 Å². The molecule has 108 valence electrons. The number of thioether (sulfide) groups is 1.